The summed E-state index contributed by atoms with van der Waals surface area (Å²) in [6.07, 6.45) is 1.39. The van der Waals surface area contributed by atoms with E-state index in [9.17, 15) is 13.2 Å². The van der Waals surface area contributed by atoms with Crippen molar-refractivity contribution in [3.63, 3.8) is 0 Å². The lowest BCUT2D eigenvalue weighted by Crippen LogP contribution is -2.33. The number of sulfone groups is 1. The van der Waals surface area contributed by atoms with Crippen molar-refractivity contribution in [3.8, 4) is 0 Å². The smallest absolute Gasteiger partial charge is 0.227 e. The van der Waals surface area contributed by atoms with Gasteiger partial charge in [0.15, 0.2) is 9.84 Å². The molecule has 0 spiro atoms. The van der Waals surface area contributed by atoms with E-state index in [1.165, 1.54) is 0 Å². The Labute approximate surface area is 120 Å². The highest BCUT2D eigenvalue weighted by molar-refractivity contribution is 7.91. The number of nitrogens with one attached hydrogen (secondary N) is 1. The van der Waals surface area contributed by atoms with Crippen molar-refractivity contribution in [2.45, 2.75) is 25.7 Å². The van der Waals surface area contributed by atoms with Gasteiger partial charge in [0.1, 0.15) is 0 Å². The third kappa shape index (κ3) is 3.82. The zero-order valence-electron chi connectivity index (χ0n) is 11.7. The van der Waals surface area contributed by atoms with Gasteiger partial charge in [0.2, 0.25) is 5.91 Å². The molecule has 2 atom stereocenters. The lowest BCUT2D eigenvalue weighted by Gasteiger charge is -2.17. The van der Waals surface area contributed by atoms with Gasteiger partial charge in [0, 0.05) is 6.54 Å². The molecule has 20 heavy (non-hydrogen) atoms. The highest BCUT2D eigenvalue weighted by Gasteiger charge is 2.28. The molecular formula is C15H21NO3S. The zero-order chi connectivity index (χ0) is 14.6. The lowest BCUT2D eigenvalue weighted by atomic mass is 9.95. The summed E-state index contributed by atoms with van der Waals surface area (Å²) in [5.41, 5.74) is 1.01. The normalized spacial score (nSPS) is 22.4. The van der Waals surface area contributed by atoms with Crippen molar-refractivity contribution in [2.75, 3.05) is 18.1 Å². The average Bonchev–Trinajstić information content (AvgIpc) is 2.78. The Morgan fingerprint density at radius 2 is 2.05 bits per heavy atom. The molecule has 1 aromatic rings. The third-order valence-corrected chi connectivity index (χ3v) is 5.66. The number of hydrogen-bond donors (Lipinski definition) is 1. The van der Waals surface area contributed by atoms with Gasteiger partial charge in [-0.1, -0.05) is 37.3 Å². The number of carbonyl (C=O) groups excluding carboxylic acids is 1. The fourth-order valence-electron chi connectivity index (χ4n) is 2.66. The minimum atomic E-state index is -2.87. The largest absolute Gasteiger partial charge is 0.355 e. The van der Waals surface area contributed by atoms with Gasteiger partial charge in [-0.15, -0.1) is 0 Å². The number of rotatable bonds is 5. The van der Waals surface area contributed by atoms with Crippen LogP contribution in [0.5, 0.6) is 0 Å². The first-order valence-electron chi connectivity index (χ1n) is 7.05. The van der Waals surface area contributed by atoms with Crippen LogP contribution in [0.1, 0.15) is 31.2 Å². The molecule has 1 aliphatic rings. The minimum Gasteiger partial charge on any atom is -0.355 e. The molecule has 1 aliphatic heterocycles. The molecule has 0 saturated carbocycles. The van der Waals surface area contributed by atoms with Gasteiger partial charge < -0.3 is 5.32 Å². The van der Waals surface area contributed by atoms with Crippen LogP contribution in [0.4, 0.5) is 0 Å². The summed E-state index contributed by atoms with van der Waals surface area (Å²) in [5, 5.41) is 2.91. The molecule has 4 nitrogen and oxygen atoms in total. The Balaban J connectivity index is 1.91. The van der Waals surface area contributed by atoms with Crippen molar-refractivity contribution in [2.24, 2.45) is 5.92 Å². The van der Waals surface area contributed by atoms with E-state index in [-0.39, 0.29) is 29.2 Å². The lowest BCUT2D eigenvalue weighted by molar-refractivity contribution is -0.122. The summed E-state index contributed by atoms with van der Waals surface area (Å²) >= 11 is 0. The molecule has 1 amide bonds. The van der Waals surface area contributed by atoms with Crippen LogP contribution in [-0.4, -0.2) is 32.4 Å². The van der Waals surface area contributed by atoms with Gasteiger partial charge in [0.05, 0.1) is 17.4 Å². The van der Waals surface area contributed by atoms with Crippen LogP contribution in [0.15, 0.2) is 30.3 Å². The van der Waals surface area contributed by atoms with Gasteiger partial charge in [-0.05, 0) is 24.3 Å². The Morgan fingerprint density at radius 3 is 2.60 bits per heavy atom. The van der Waals surface area contributed by atoms with Crippen molar-refractivity contribution >= 4 is 15.7 Å². The van der Waals surface area contributed by atoms with E-state index in [0.717, 1.165) is 12.0 Å². The highest BCUT2D eigenvalue weighted by atomic mass is 32.2. The van der Waals surface area contributed by atoms with E-state index in [2.05, 4.69) is 5.32 Å². The Hall–Kier alpha value is -1.36. The van der Waals surface area contributed by atoms with E-state index in [1.807, 2.05) is 37.3 Å². The Bertz CT molecular complexity index is 554. The van der Waals surface area contributed by atoms with Crippen LogP contribution in [0.3, 0.4) is 0 Å². The first-order chi connectivity index (χ1) is 9.52. The van der Waals surface area contributed by atoms with Gasteiger partial charge in [-0.25, -0.2) is 8.42 Å². The first-order valence-corrected chi connectivity index (χ1v) is 8.87. The fraction of sp³-hybridized carbons (Fsp3) is 0.533. The predicted molar refractivity (Wildman–Crippen MR) is 79.2 cm³/mol. The maximum absolute atomic E-state index is 12.2. The van der Waals surface area contributed by atoms with Crippen LogP contribution in [0.25, 0.3) is 0 Å². The molecule has 0 radical (unpaired) electrons. The molecule has 2 rings (SSSR count). The van der Waals surface area contributed by atoms with Crippen LogP contribution < -0.4 is 5.32 Å². The molecule has 0 aliphatic carbocycles. The minimum absolute atomic E-state index is 0.0111. The van der Waals surface area contributed by atoms with Crippen LogP contribution in [0.2, 0.25) is 0 Å². The first kappa shape index (κ1) is 15.0. The maximum Gasteiger partial charge on any atom is 0.227 e. The summed E-state index contributed by atoms with van der Waals surface area (Å²) in [4.78, 5) is 12.2. The molecule has 0 unspecified atom stereocenters. The average molecular weight is 295 g/mol. The molecular weight excluding hydrogens is 274 g/mol. The molecule has 1 saturated heterocycles. The molecule has 1 fully saturated rings. The molecule has 1 aromatic carbocycles. The van der Waals surface area contributed by atoms with Gasteiger partial charge >= 0.3 is 0 Å². The van der Waals surface area contributed by atoms with Gasteiger partial charge in [-0.3, -0.25) is 4.79 Å². The van der Waals surface area contributed by atoms with E-state index >= 15 is 0 Å². The Morgan fingerprint density at radius 1 is 1.35 bits per heavy atom. The summed E-state index contributed by atoms with van der Waals surface area (Å²) in [7, 11) is -2.87. The van der Waals surface area contributed by atoms with Gasteiger partial charge in [-0.2, -0.15) is 0 Å². The van der Waals surface area contributed by atoms with E-state index in [1.54, 1.807) is 0 Å². The SMILES string of the molecule is CC[C@H](C(=O)NC[C@H]1CCS(=O)(=O)C1)c1ccccc1. The standard InChI is InChI=1S/C15H21NO3S/c1-2-14(13-6-4-3-5-7-13)15(17)16-10-12-8-9-20(18,19)11-12/h3-7,12,14H,2,8-11H2,1H3,(H,16,17)/t12-,14+/m1/s1. The zero-order valence-corrected chi connectivity index (χ0v) is 12.5. The second kappa shape index (κ2) is 6.39. The van der Waals surface area contributed by atoms with E-state index in [4.69, 9.17) is 0 Å². The predicted octanol–water partition coefficient (Wildman–Crippen LogP) is 1.73. The van der Waals surface area contributed by atoms with Crippen molar-refractivity contribution in [1.82, 2.24) is 5.32 Å². The monoisotopic (exact) mass is 295 g/mol. The number of carbonyl (C=O) groups is 1. The second-order valence-corrected chi connectivity index (χ2v) is 7.61. The van der Waals surface area contributed by atoms with Gasteiger partial charge in [0.25, 0.3) is 0 Å². The van der Waals surface area contributed by atoms with E-state index in [0.29, 0.717) is 13.0 Å². The topological polar surface area (TPSA) is 63.2 Å². The summed E-state index contributed by atoms with van der Waals surface area (Å²) in [5.74, 6) is 0.355. The number of amides is 1. The molecule has 0 aromatic heterocycles. The van der Waals surface area contributed by atoms with Crippen molar-refractivity contribution < 1.29 is 13.2 Å². The number of benzene rings is 1. The molecule has 0 bridgehead atoms. The molecule has 1 N–H and O–H groups in total. The molecule has 5 heteroatoms. The quantitative estimate of drug-likeness (QED) is 0.900. The summed E-state index contributed by atoms with van der Waals surface area (Å²) < 4.78 is 22.8. The summed E-state index contributed by atoms with van der Waals surface area (Å²) in [6, 6.07) is 9.68. The maximum atomic E-state index is 12.2. The molecule has 110 valence electrons. The van der Waals surface area contributed by atoms with Crippen molar-refractivity contribution in [1.29, 1.82) is 0 Å². The van der Waals surface area contributed by atoms with Crippen molar-refractivity contribution in [3.05, 3.63) is 35.9 Å². The highest BCUT2D eigenvalue weighted by Crippen LogP contribution is 2.21. The van der Waals surface area contributed by atoms with Crippen LogP contribution in [-0.2, 0) is 14.6 Å². The Kier molecular flexibility index (Phi) is 4.81. The summed E-state index contributed by atoms with van der Waals surface area (Å²) in [6.45, 7) is 2.44. The van der Waals surface area contributed by atoms with E-state index < -0.39 is 9.84 Å². The van der Waals surface area contributed by atoms with Crippen LogP contribution >= 0.6 is 0 Å². The number of hydrogen-bond acceptors (Lipinski definition) is 3. The second-order valence-electron chi connectivity index (χ2n) is 5.39. The fourth-order valence-corrected chi connectivity index (χ4v) is 4.52. The van der Waals surface area contributed by atoms with Crippen LogP contribution in [0, 0.1) is 5.92 Å². The molecule has 1 heterocycles. The third-order valence-electron chi connectivity index (χ3n) is 3.82.